The molecule has 0 aromatic rings. The second-order valence-corrected chi connectivity index (χ2v) is 14.6. The molecule has 5 N–H and O–H groups in total. The maximum absolute atomic E-state index is 12.7. The summed E-state index contributed by atoms with van der Waals surface area (Å²) in [6.45, 7) is 4.13. The van der Waals surface area contributed by atoms with Crippen molar-refractivity contribution in [1.82, 2.24) is 5.32 Å². The van der Waals surface area contributed by atoms with Gasteiger partial charge >= 0.3 is 7.82 Å². The summed E-state index contributed by atoms with van der Waals surface area (Å²) in [4.78, 5) is 22.6. The van der Waals surface area contributed by atoms with Crippen molar-refractivity contribution in [3.05, 3.63) is 12.2 Å². The van der Waals surface area contributed by atoms with Gasteiger partial charge in [0.1, 0.15) is 0 Å². The zero-order valence-electron chi connectivity index (χ0n) is 30.1. The number of nitrogens with one attached hydrogen (secondary N) is 1. The minimum Gasteiger partial charge on any atom is -0.387 e. The number of allylic oxidation sites excluding steroid dienone is 1. The highest BCUT2D eigenvalue weighted by molar-refractivity contribution is 7.47. The number of rotatable bonds is 36. The van der Waals surface area contributed by atoms with Crippen LogP contribution in [-0.2, 0) is 18.4 Å². The quantitative estimate of drug-likeness (QED) is 0.0295. The Morgan fingerprint density at radius 2 is 1.11 bits per heavy atom. The number of carbonyl (C=O) groups is 1. The monoisotopic (exact) mass is 675 g/mol. The predicted octanol–water partition coefficient (Wildman–Crippen LogP) is 10.1. The average molecular weight is 675 g/mol. The number of aliphatic hydroxyl groups excluding tert-OH is 1. The van der Waals surface area contributed by atoms with Gasteiger partial charge in [-0.1, -0.05) is 174 Å². The molecule has 0 radical (unpaired) electrons. The van der Waals surface area contributed by atoms with Crippen molar-refractivity contribution in [2.45, 2.75) is 199 Å². The third-order valence-electron chi connectivity index (χ3n) is 8.61. The molecule has 0 aromatic carbocycles. The Labute approximate surface area is 284 Å². The van der Waals surface area contributed by atoms with Crippen LogP contribution in [-0.4, -0.2) is 47.8 Å². The molecule has 3 unspecified atom stereocenters. The molecule has 0 aliphatic heterocycles. The predicted molar refractivity (Wildman–Crippen MR) is 194 cm³/mol. The van der Waals surface area contributed by atoms with Crippen molar-refractivity contribution in [2.75, 3.05) is 19.8 Å². The van der Waals surface area contributed by atoms with Crippen LogP contribution in [0.2, 0.25) is 0 Å². The van der Waals surface area contributed by atoms with Gasteiger partial charge < -0.3 is 21.1 Å². The molecule has 0 fully saturated rings. The summed E-state index contributed by atoms with van der Waals surface area (Å²) in [5, 5.41) is 13.6. The van der Waals surface area contributed by atoms with Crippen molar-refractivity contribution in [3.63, 3.8) is 0 Å². The first-order valence-electron chi connectivity index (χ1n) is 19.3. The SMILES string of the molecule is CCCCCCCCCCCCCCC/C=C/C(O)C(COP(=O)(O)OCCN)NC(=O)CCCCCCCCCCCCCC. The van der Waals surface area contributed by atoms with E-state index in [0.29, 0.717) is 6.42 Å². The Morgan fingerprint density at radius 3 is 1.54 bits per heavy atom. The first-order chi connectivity index (χ1) is 22.4. The topological polar surface area (TPSA) is 131 Å². The van der Waals surface area contributed by atoms with Crippen molar-refractivity contribution in [2.24, 2.45) is 5.73 Å². The number of aliphatic hydroxyl groups is 1. The van der Waals surface area contributed by atoms with E-state index in [4.69, 9.17) is 14.8 Å². The fourth-order valence-electron chi connectivity index (χ4n) is 5.66. The zero-order valence-corrected chi connectivity index (χ0v) is 31.0. The molecular formula is C37H75N2O6P. The second-order valence-electron chi connectivity index (χ2n) is 13.1. The maximum Gasteiger partial charge on any atom is 0.472 e. The highest BCUT2D eigenvalue weighted by Gasteiger charge is 2.26. The highest BCUT2D eigenvalue weighted by Crippen LogP contribution is 2.43. The van der Waals surface area contributed by atoms with Gasteiger partial charge in [0.2, 0.25) is 5.91 Å². The summed E-state index contributed by atoms with van der Waals surface area (Å²) in [6.07, 6.45) is 35.3. The maximum atomic E-state index is 12.7. The molecule has 0 heterocycles. The molecule has 0 spiro atoms. The van der Waals surface area contributed by atoms with Crippen LogP contribution in [0.4, 0.5) is 0 Å². The third kappa shape index (κ3) is 31.8. The summed E-state index contributed by atoms with van der Waals surface area (Å²) >= 11 is 0. The van der Waals surface area contributed by atoms with Crippen molar-refractivity contribution >= 4 is 13.7 Å². The lowest BCUT2D eigenvalue weighted by Gasteiger charge is -2.23. The number of phosphoric acid groups is 1. The molecule has 0 saturated heterocycles. The molecule has 8 nitrogen and oxygen atoms in total. The van der Waals surface area contributed by atoms with Crippen molar-refractivity contribution in [3.8, 4) is 0 Å². The van der Waals surface area contributed by atoms with E-state index >= 15 is 0 Å². The standard InChI is InChI=1S/C37H75N2O6P/c1-3-5-7-9-11-13-15-17-18-19-20-22-24-26-28-30-36(40)35(34-45-46(42,43)44-33-32-38)39-37(41)31-29-27-25-23-21-16-14-12-10-8-6-4-2/h28,30,35-36,40H,3-27,29,31-34,38H2,1-2H3,(H,39,41)(H,42,43)/b30-28+. The largest absolute Gasteiger partial charge is 0.472 e. The third-order valence-corrected chi connectivity index (χ3v) is 9.60. The first kappa shape index (κ1) is 45.2. The molecule has 0 bridgehead atoms. The number of nitrogens with two attached hydrogens (primary N) is 1. The molecule has 0 aromatic heterocycles. The molecular weight excluding hydrogens is 599 g/mol. The van der Waals surface area contributed by atoms with Gasteiger partial charge in [-0.2, -0.15) is 0 Å². The normalized spacial score (nSPS) is 14.5. The van der Waals surface area contributed by atoms with Crippen LogP contribution in [0.5, 0.6) is 0 Å². The van der Waals surface area contributed by atoms with Gasteiger partial charge in [0.25, 0.3) is 0 Å². The van der Waals surface area contributed by atoms with Crippen LogP contribution in [0.15, 0.2) is 12.2 Å². The number of hydrogen-bond donors (Lipinski definition) is 4. The lowest BCUT2D eigenvalue weighted by atomic mass is 10.0. The molecule has 1 amide bonds. The summed E-state index contributed by atoms with van der Waals surface area (Å²) < 4.78 is 22.0. The molecule has 0 saturated carbocycles. The lowest BCUT2D eigenvalue weighted by molar-refractivity contribution is -0.123. The Balaban J connectivity index is 4.29. The van der Waals surface area contributed by atoms with Gasteiger partial charge in [0.05, 0.1) is 25.4 Å². The number of phosphoric ester groups is 1. The van der Waals surface area contributed by atoms with E-state index < -0.39 is 20.0 Å². The van der Waals surface area contributed by atoms with E-state index in [1.807, 2.05) is 6.08 Å². The molecule has 46 heavy (non-hydrogen) atoms. The molecule has 0 rings (SSSR count). The fraction of sp³-hybridized carbons (Fsp3) is 0.919. The average Bonchev–Trinajstić information content (AvgIpc) is 3.04. The van der Waals surface area contributed by atoms with Gasteiger partial charge in [-0.05, 0) is 19.3 Å². The van der Waals surface area contributed by atoms with E-state index in [2.05, 4.69) is 19.2 Å². The molecule has 9 heteroatoms. The van der Waals surface area contributed by atoms with E-state index in [9.17, 15) is 19.4 Å². The molecule has 274 valence electrons. The van der Waals surface area contributed by atoms with Crippen LogP contribution in [0.25, 0.3) is 0 Å². The minimum atomic E-state index is -4.33. The van der Waals surface area contributed by atoms with Crippen LogP contribution in [0.3, 0.4) is 0 Å². The Hall–Kier alpha value is -0.760. The van der Waals surface area contributed by atoms with Gasteiger partial charge in [-0.3, -0.25) is 13.8 Å². The number of unbranched alkanes of at least 4 members (excludes halogenated alkanes) is 24. The van der Waals surface area contributed by atoms with Crippen molar-refractivity contribution in [1.29, 1.82) is 0 Å². The van der Waals surface area contributed by atoms with Crippen LogP contribution >= 0.6 is 7.82 Å². The molecule has 0 aliphatic rings. The number of hydrogen-bond acceptors (Lipinski definition) is 6. The van der Waals surface area contributed by atoms with Gasteiger partial charge in [-0.15, -0.1) is 0 Å². The van der Waals surface area contributed by atoms with Gasteiger partial charge in [0.15, 0.2) is 0 Å². The first-order valence-corrected chi connectivity index (χ1v) is 20.8. The summed E-state index contributed by atoms with van der Waals surface area (Å²) in [5.74, 6) is -0.194. The lowest BCUT2D eigenvalue weighted by Crippen LogP contribution is -2.45. The minimum absolute atomic E-state index is 0.0810. The Kier molecular flexibility index (Phi) is 33.6. The summed E-state index contributed by atoms with van der Waals surface area (Å²) in [6, 6.07) is -0.852. The summed E-state index contributed by atoms with van der Waals surface area (Å²) in [5.41, 5.74) is 5.35. The van der Waals surface area contributed by atoms with E-state index in [0.717, 1.165) is 38.5 Å². The zero-order chi connectivity index (χ0) is 34.0. The van der Waals surface area contributed by atoms with Crippen LogP contribution in [0.1, 0.15) is 187 Å². The van der Waals surface area contributed by atoms with E-state index in [1.165, 1.54) is 128 Å². The highest BCUT2D eigenvalue weighted by atomic mass is 31.2. The molecule has 0 aliphatic carbocycles. The van der Waals surface area contributed by atoms with Crippen LogP contribution < -0.4 is 11.1 Å². The van der Waals surface area contributed by atoms with Gasteiger partial charge in [-0.25, -0.2) is 4.57 Å². The Bertz CT molecular complexity index is 739. The molecule has 3 atom stereocenters. The smallest absolute Gasteiger partial charge is 0.387 e. The van der Waals surface area contributed by atoms with E-state index in [-0.39, 0.29) is 25.7 Å². The van der Waals surface area contributed by atoms with Gasteiger partial charge in [0, 0.05) is 13.0 Å². The number of carbonyl (C=O) groups excluding carboxylic acids is 1. The van der Waals surface area contributed by atoms with E-state index in [1.54, 1.807) is 6.08 Å². The fourth-order valence-corrected chi connectivity index (χ4v) is 6.42. The summed E-state index contributed by atoms with van der Waals surface area (Å²) in [7, 11) is -4.33. The van der Waals surface area contributed by atoms with Crippen molar-refractivity contribution < 1.29 is 28.4 Å². The number of amides is 1. The van der Waals surface area contributed by atoms with Crippen LogP contribution in [0, 0.1) is 0 Å². The Morgan fingerprint density at radius 1 is 0.696 bits per heavy atom. The second kappa shape index (κ2) is 34.1.